The Morgan fingerprint density at radius 3 is 2.12 bits per heavy atom. The van der Waals surface area contributed by atoms with Crippen LogP contribution in [0.3, 0.4) is 0 Å². The van der Waals surface area contributed by atoms with E-state index in [2.05, 4.69) is 4.98 Å². The van der Waals surface area contributed by atoms with Crippen LogP contribution in [0.1, 0.15) is 57.8 Å². The zero-order valence-electron chi connectivity index (χ0n) is 14.3. The van der Waals surface area contributed by atoms with E-state index < -0.39 is 23.4 Å². The quantitative estimate of drug-likeness (QED) is 0.509. The maximum absolute atomic E-state index is 12.0. The monoisotopic (exact) mass is 384 g/mol. The molecular formula is C16H27F3N2O3S. The molecule has 0 fully saturated rings. The first kappa shape index (κ1) is 21.8. The number of aryl methyl sites for hydroxylation is 1. The van der Waals surface area contributed by atoms with E-state index in [0.29, 0.717) is 12.3 Å². The molecule has 0 spiro atoms. The summed E-state index contributed by atoms with van der Waals surface area (Å²) in [4.78, 5) is 13.6. The van der Waals surface area contributed by atoms with Crippen molar-refractivity contribution in [3.05, 3.63) is 16.7 Å². The first-order chi connectivity index (χ1) is 11.8. The summed E-state index contributed by atoms with van der Waals surface area (Å²) in [7, 11) is -1.14. The number of alkyl halides is 3. The number of halogens is 3. The molecule has 1 heterocycles. The largest absolute Gasteiger partial charge is 0.493 e. The Balaban J connectivity index is 1.91. The summed E-state index contributed by atoms with van der Waals surface area (Å²) in [5.74, 6) is 0.492. The van der Waals surface area contributed by atoms with Gasteiger partial charge in [-0.2, -0.15) is 13.2 Å². The van der Waals surface area contributed by atoms with Gasteiger partial charge in [0.15, 0.2) is 0 Å². The van der Waals surface area contributed by atoms with Crippen LogP contribution in [-0.4, -0.2) is 36.5 Å². The fraction of sp³-hybridized carbons (Fsp3) is 0.812. The van der Waals surface area contributed by atoms with Gasteiger partial charge in [-0.05, 0) is 19.3 Å². The number of H-pyrrole nitrogens is 1. The van der Waals surface area contributed by atoms with Crippen LogP contribution in [0.5, 0.6) is 5.88 Å². The van der Waals surface area contributed by atoms with Gasteiger partial charge < -0.3 is 5.11 Å². The predicted octanol–water partition coefficient (Wildman–Crippen LogP) is 3.70. The molecule has 0 radical (unpaired) electrons. The van der Waals surface area contributed by atoms with Crippen LogP contribution < -0.4 is 5.69 Å². The molecule has 1 unspecified atom stereocenters. The summed E-state index contributed by atoms with van der Waals surface area (Å²) in [5.41, 5.74) is -0.305. The minimum Gasteiger partial charge on any atom is -0.493 e. The predicted molar refractivity (Wildman–Crippen MR) is 92.2 cm³/mol. The van der Waals surface area contributed by atoms with Crippen molar-refractivity contribution in [3.8, 4) is 5.88 Å². The summed E-state index contributed by atoms with van der Waals surface area (Å²) < 4.78 is 48.9. The van der Waals surface area contributed by atoms with Gasteiger partial charge in [0.05, 0.1) is 6.20 Å². The fourth-order valence-corrected chi connectivity index (χ4v) is 3.75. The van der Waals surface area contributed by atoms with Gasteiger partial charge >= 0.3 is 11.9 Å². The number of hydrogen-bond donors (Lipinski definition) is 2. The second-order valence-corrected chi connectivity index (χ2v) is 7.88. The van der Waals surface area contributed by atoms with E-state index in [1.54, 1.807) is 0 Å². The number of aromatic hydroxyl groups is 1. The van der Waals surface area contributed by atoms with Crippen molar-refractivity contribution in [2.24, 2.45) is 0 Å². The Hall–Kier alpha value is -1.25. The number of imidazole rings is 1. The highest BCUT2D eigenvalue weighted by molar-refractivity contribution is 7.84. The summed E-state index contributed by atoms with van der Waals surface area (Å²) in [6.07, 6.45) is 3.01. The molecule has 25 heavy (non-hydrogen) atoms. The van der Waals surface area contributed by atoms with Crippen molar-refractivity contribution >= 4 is 10.8 Å². The molecule has 1 atom stereocenters. The van der Waals surface area contributed by atoms with Crippen LogP contribution in [0.4, 0.5) is 13.2 Å². The van der Waals surface area contributed by atoms with Crippen LogP contribution in [0.15, 0.2) is 11.0 Å². The Morgan fingerprint density at radius 1 is 1.00 bits per heavy atom. The summed E-state index contributed by atoms with van der Waals surface area (Å²) in [5, 5.41) is 9.13. The Bertz CT molecular complexity index is 570. The lowest BCUT2D eigenvalue weighted by Crippen LogP contribution is -2.15. The van der Waals surface area contributed by atoms with Gasteiger partial charge in [0, 0.05) is 35.3 Å². The first-order valence-electron chi connectivity index (χ1n) is 8.68. The molecule has 0 aromatic carbocycles. The van der Waals surface area contributed by atoms with E-state index in [-0.39, 0.29) is 23.7 Å². The Labute approximate surface area is 148 Å². The smallest absolute Gasteiger partial charge is 0.389 e. The number of aromatic nitrogens is 2. The molecule has 0 saturated heterocycles. The van der Waals surface area contributed by atoms with Gasteiger partial charge in [-0.15, -0.1) is 0 Å². The second kappa shape index (κ2) is 11.4. The minimum atomic E-state index is -4.15. The average molecular weight is 384 g/mol. The molecule has 5 nitrogen and oxygen atoms in total. The summed E-state index contributed by atoms with van der Waals surface area (Å²) in [6.45, 7) is 0.576. The van der Waals surface area contributed by atoms with E-state index in [4.69, 9.17) is 5.11 Å². The second-order valence-electron chi connectivity index (χ2n) is 6.18. The third-order valence-corrected chi connectivity index (χ3v) is 5.37. The molecule has 146 valence electrons. The van der Waals surface area contributed by atoms with Crippen molar-refractivity contribution in [1.29, 1.82) is 0 Å². The molecular weight excluding hydrogens is 357 g/mol. The highest BCUT2D eigenvalue weighted by atomic mass is 32.2. The van der Waals surface area contributed by atoms with Gasteiger partial charge in [0.2, 0.25) is 5.88 Å². The van der Waals surface area contributed by atoms with E-state index in [9.17, 15) is 22.2 Å². The standard InChI is InChI=1S/C16H27F3N2O3S/c17-16(18,19)9-8-12-25(24)11-7-5-3-1-2-4-6-10-21-13-14(22)20-15(21)23/h13,22H,1-12H2,(H,20,23). The zero-order chi connectivity index (χ0) is 18.7. The topological polar surface area (TPSA) is 75.1 Å². The highest BCUT2D eigenvalue weighted by Gasteiger charge is 2.26. The molecule has 0 saturated carbocycles. The SMILES string of the molecule is O=c1[nH]c(O)cn1CCCCCCCCCS(=O)CCCC(F)(F)F. The lowest BCUT2D eigenvalue weighted by atomic mass is 10.1. The van der Waals surface area contributed by atoms with Gasteiger partial charge in [0.25, 0.3) is 0 Å². The molecule has 2 N–H and O–H groups in total. The molecule has 1 aromatic heterocycles. The van der Waals surface area contributed by atoms with Crippen LogP contribution in [0.2, 0.25) is 0 Å². The fourth-order valence-electron chi connectivity index (χ4n) is 2.55. The number of unbranched alkanes of at least 4 members (excludes halogenated alkanes) is 6. The summed E-state index contributed by atoms with van der Waals surface area (Å²) in [6, 6.07) is 0. The molecule has 1 aromatic rings. The van der Waals surface area contributed by atoms with Gasteiger partial charge in [-0.1, -0.05) is 32.1 Å². The normalized spacial score (nSPS) is 13.2. The van der Waals surface area contributed by atoms with E-state index >= 15 is 0 Å². The van der Waals surface area contributed by atoms with Gasteiger partial charge in [0.1, 0.15) is 0 Å². The molecule has 0 aliphatic carbocycles. The van der Waals surface area contributed by atoms with Crippen molar-refractivity contribution in [2.75, 3.05) is 11.5 Å². The maximum atomic E-state index is 12.0. The van der Waals surface area contributed by atoms with Crippen molar-refractivity contribution in [3.63, 3.8) is 0 Å². The first-order valence-corrected chi connectivity index (χ1v) is 10.2. The molecule has 0 aliphatic rings. The van der Waals surface area contributed by atoms with Crippen LogP contribution >= 0.6 is 0 Å². The lowest BCUT2D eigenvalue weighted by molar-refractivity contribution is -0.134. The lowest BCUT2D eigenvalue weighted by Gasteiger charge is -2.06. The van der Waals surface area contributed by atoms with E-state index in [0.717, 1.165) is 44.9 Å². The Kier molecular flexibility index (Phi) is 9.92. The van der Waals surface area contributed by atoms with Crippen molar-refractivity contribution < 1.29 is 22.5 Å². The Morgan fingerprint density at radius 2 is 1.56 bits per heavy atom. The molecule has 0 amide bonds. The van der Waals surface area contributed by atoms with Crippen LogP contribution in [0.25, 0.3) is 0 Å². The molecule has 1 rings (SSSR count). The molecule has 0 aliphatic heterocycles. The molecule has 0 bridgehead atoms. The number of nitrogens with one attached hydrogen (secondary N) is 1. The molecule has 9 heteroatoms. The number of aromatic amines is 1. The van der Waals surface area contributed by atoms with Crippen molar-refractivity contribution in [1.82, 2.24) is 9.55 Å². The van der Waals surface area contributed by atoms with E-state index in [1.165, 1.54) is 10.8 Å². The van der Waals surface area contributed by atoms with Gasteiger partial charge in [-0.25, -0.2) is 4.79 Å². The minimum absolute atomic E-state index is 0.0574. The average Bonchev–Trinajstić information content (AvgIpc) is 2.82. The van der Waals surface area contributed by atoms with Crippen LogP contribution in [0, 0.1) is 0 Å². The highest BCUT2D eigenvalue weighted by Crippen LogP contribution is 2.21. The third kappa shape index (κ3) is 11.1. The third-order valence-electron chi connectivity index (χ3n) is 3.88. The summed E-state index contributed by atoms with van der Waals surface area (Å²) >= 11 is 0. The van der Waals surface area contributed by atoms with Gasteiger partial charge in [-0.3, -0.25) is 13.8 Å². The van der Waals surface area contributed by atoms with E-state index in [1.807, 2.05) is 0 Å². The maximum Gasteiger partial charge on any atom is 0.389 e. The van der Waals surface area contributed by atoms with Crippen LogP contribution in [-0.2, 0) is 17.3 Å². The van der Waals surface area contributed by atoms with Crippen molar-refractivity contribution in [2.45, 2.75) is 70.5 Å². The number of nitrogens with zero attached hydrogens (tertiary/aromatic N) is 1. The number of hydrogen-bond acceptors (Lipinski definition) is 3. The number of rotatable bonds is 13. The zero-order valence-corrected chi connectivity index (χ0v) is 15.1.